The van der Waals surface area contributed by atoms with E-state index in [0.717, 1.165) is 4.90 Å². The van der Waals surface area contributed by atoms with E-state index in [1.807, 2.05) is 13.8 Å². The smallest absolute Gasteiger partial charge is 0.309 e. The molecule has 27 atom stereocenters. The number of carbonyl (C=O) groups excluding carboxylic acids is 7. The van der Waals surface area contributed by atoms with Gasteiger partial charge in [0, 0.05) is 25.4 Å². The van der Waals surface area contributed by atoms with Gasteiger partial charge in [0.15, 0.2) is 6.29 Å². The van der Waals surface area contributed by atoms with E-state index in [4.69, 9.17) is 39.9 Å². The molecule has 6 saturated heterocycles. The molecule has 0 radical (unpaired) electrons. The molecule has 26 N–H and O–H groups in total. The maximum atomic E-state index is 15.3. The second kappa shape index (κ2) is 36.2. The lowest BCUT2D eigenvalue weighted by atomic mass is 9.92. The Hall–Kier alpha value is -6.39. The predicted molar refractivity (Wildman–Crippen MR) is 339 cm³/mol. The zero-order valence-corrected chi connectivity index (χ0v) is 55.1. The van der Waals surface area contributed by atoms with Gasteiger partial charge in [-0.15, -0.1) is 0 Å². The Morgan fingerprint density at radius 3 is 1.81 bits per heavy atom. The van der Waals surface area contributed by atoms with E-state index < -0.39 is 258 Å². The zero-order valence-electron chi connectivity index (χ0n) is 55.1. The van der Waals surface area contributed by atoms with Crippen LogP contribution in [-0.2, 0) is 63.7 Å². The van der Waals surface area contributed by atoms with E-state index >= 15 is 9.59 Å². The number of rotatable bonds is 23. The van der Waals surface area contributed by atoms with Crippen LogP contribution in [0.1, 0.15) is 63.5 Å². The third-order valence-electron chi connectivity index (χ3n) is 18.7. The van der Waals surface area contributed by atoms with Crippen LogP contribution in [0.25, 0.3) is 0 Å². The summed E-state index contributed by atoms with van der Waals surface area (Å²) in [6.07, 6.45) is -31.9. The topological polar surface area (TPSA) is 601 Å². The van der Waals surface area contributed by atoms with Crippen molar-refractivity contribution in [3.8, 4) is 5.75 Å². The molecule has 6 fully saturated rings. The van der Waals surface area contributed by atoms with Crippen molar-refractivity contribution in [2.75, 3.05) is 46.1 Å². The van der Waals surface area contributed by atoms with Crippen LogP contribution in [0.2, 0.25) is 0 Å². The minimum atomic E-state index is -2.31. The second-order valence-electron chi connectivity index (χ2n) is 25.7. The number of aliphatic hydroxyl groups excluding tert-OH is 13. The SMILES string of the molecule is CCCC(CCC)C(=O)OC[C@H]1O[C@H](Oc2ccc(C[C@H]3NC(=O)[C@H]([C@@H](C)c4ccccc4)NC(=O)CNC(=O)[C@H](CO)NC(=O)[C@@H]([C@@H](O)[C@@H]4CNC(N)N4[C@H]4O[C@H](CO)[C@@H](O)[C@H](O)[C@@H]4O)NC(=O)[C@H]([C@@H](O)[C@@H]4CNC(N)N4)NC3=O)cc2)[C@@H](O)[C@@H](O)[C@@H]1O[C@H]1O[C@H](CO)[C@@H](O)[C@H](O)[C@@H]1O. The maximum absolute atomic E-state index is 15.3. The molecule has 0 saturated carbocycles. The summed E-state index contributed by atoms with van der Waals surface area (Å²) in [4.78, 5) is 102. The zero-order chi connectivity index (χ0) is 73.0. The molecule has 2 unspecified atom stereocenters. The van der Waals surface area contributed by atoms with E-state index in [2.05, 4.69) is 47.9 Å². The number of amides is 6. The van der Waals surface area contributed by atoms with Crippen molar-refractivity contribution < 1.29 is 128 Å². The van der Waals surface area contributed by atoms with Gasteiger partial charge in [-0.1, -0.05) is 76.1 Å². The van der Waals surface area contributed by atoms with Crippen molar-refractivity contribution >= 4 is 41.4 Å². The number of hydrogen-bond donors (Lipinski definition) is 24. The standard InChI is InChI=1S/C62H96N12O26/c1-4-9-28(10-5-2)58(94)95-24-36-51(100-60-49(87)46(84)44(82)35(23-77)98-60)47(85)50(88)59(99-36)96-29-15-13-26(14-16-29)17-30-53(90)72-39(41(79)31-18-66-61(63)70-31)56(93)73-40(42(80)33-19-67-62(64)74(33)57-48(86)45(83)43(81)34(22-76)97-57)55(92)69-32(21-75)52(89)65-20-37(78)71-38(54(91)68-30)25(3)27-11-7-6-8-12-27/h6-8,11-16,25,28,30-36,38-51,57,59-62,66-67,70,75-77,79-88H,4-5,9-10,17-24,63-64H2,1-3H3,(H,65,89)(H,68,91)(H,69,92)(H,71,78)(H,72,90)(H,73,93)/t25-,30+,31-,32-,33-,34+,35+,36+,38-,39-,40+,41-,42-,43+,44+,45-,46-,47+,48-,49-,50-,51+,57-,59-,60+,61?,62?/m0/s1. The van der Waals surface area contributed by atoms with Crippen LogP contribution in [-0.4, -0.2) is 318 Å². The summed E-state index contributed by atoms with van der Waals surface area (Å²) >= 11 is 0. The Morgan fingerprint density at radius 2 is 1.19 bits per heavy atom. The first-order valence-electron chi connectivity index (χ1n) is 33.2. The van der Waals surface area contributed by atoms with Crippen LogP contribution in [0.15, 0.2) is 54.6 Å². The molecule has 8 rings (SSSR count). The minimum Gasteiger partial charge on any atom is -0.463 e. The lowest BCUT2D eigenvalue weighted by Gasteiger charge is -2.47. The fourth-order valence-corrected chi connectivity index (χ4v) is 12.9. The average molecular weight is 1430 g/mol. The summed E-state index contributed by atoms with van der Waals surface area (Å²) in [5, 5.41) is 166. The van der Waals surface area contributed by atoms with Gasteiger partial charge in [-0.3, -0.25) is 49.5 Å². The molecular formula is C62H96N12O26. The fraction of sp³-hybridized carbons (Fsp3) is 0.694. The van der Waals surface area contributed by atoms with E-state index in [9.17, 15) is 90.4 Å². The van der Waals surface area contributed by atoms with Crippen molar-refractivity contribution in [1.82, 2.24) is 52.8 Å². The van der Waals surface area contributed by atoms with Crippen molar-refractivity contribution in [3.05, 3.63) is 65.7 Å². The molecule has 0 bridgehead atoms. The maximum Gasteiger partial charge on any atom is 0.309 e. The van der Waals surface area contributed by atoms with Gasteiger partial charge in [-0.2, -0.15) is 0 Å². The first-order chi connectivity index (χ1) is 47.6. The van der Waals surface area contributed by atoms with Crippen LogP contribution in [0.3, 0.4) is 0 Å². The minimum absolute atomic E-state index is 0.0757. The van der Waals surface area contributed by atoms with E-state index in [0.29, 0.717) is 31.2 Å². The quantitative estimate of drug-likeness (QED) is 0.0459. The largest absolute Gasteiger partial charge is 0.463 e. The van der Waals surface area contributed by atoms with Gasteiger partial charge in [0.25, 0.3) is 0 Å². The monoisotopic (exact) mass is 1420 g/mol. The number of nitrogens with one attached hydrogen (secondary N) is 9. The van der Waals surface area contributed by atoms with Crippen LogP contribution in [0.4, 0.5) is 0 Å². The summed E-state index contributed by atoms with van der Waals surface area (Å²) in [6, 6.07) is 1.19. The van der Waals surface area contributed by atoms with Crippen molar-refractivity contribution in [2.45, 2.75) is 218 Å². The number of benzene rings is 2. The predicted octanol–water partition coefficient (Wildman–Crippen LogP) is -11.8. The average Bonchev–Trinajstić information content (AvgIpc) is 1.41. The molecule has 560 valence electrons. The molecule has 100 heavy (non-hydrogen) atoms. The number of carbonyl (C=O) groups is 7. The molecule has 0 spiro atoms. The molecule has 6 amide bonds. The van der Waals surface area contributed by atoms with Gasteiger partial charge in [-0.25, -0.2) is 4.90 Å². The van der Waals surface area contributed by atoms with Crippen molar-refractivity contribution in [2.24, 2.45) is 17.4 Å². The third kappa shape index (κ3) is 18.9. The second-order valence-corrected chi connectivity index (χ2v) is 25.7. The fourth-order valence-electron chi connectivity index (χ4n) is 12.9. The molecule has 2 aromatic carbocycles. The van der Waals surface area contributed by atoms with Crippen molar-refractivity contribution in [1.29, 1.82) is 0 Å². The molecule has 6 heterocycles. The van der Waals surface area contributed by atoms with Crippen LogP contribution < -0.4 is 64.1 Å². The van der Waals surface area contributed by atoms with Gasteiger partial charge < -0.3 is 138 Å². The first-order valence-corrected chi connectivity index (χ1v) is 33.2. The molecule has 2 aromatic rings. The Balaban J connectivity index is 1.12. The van der Waals surface area contributed by atoms with E-state index in [1.54, 1.807) is 37.3 Å². The Labute approximate surface area is 573 Å². The first kappa shape index (κ1) is 79.3. The molecule has 6 aliphatic heterocycles. The highest BCUT2D eigenvalue weighted by atomic mass is 16.7. The van der Waals surface area contributed by atoms with Gasteiger partial charge in [0.1, 0.15) is 141 Å². The lowest BCUT2D eigenvalue weighted by Crippen LogP contribution is -2.70. The van der Waals surface area contributed by atoms with Gasteiger partial charge in [-0.05, 0) is 36.1 Å². The molecule has 38 heteroatoms. The number of nitrogens with two attached hydrogens (primary N) is 2. The number of hydrogen-bond acceptors (Lipinski definition) is 32. The highest BCUT2D eigenvalue weighted by Crippen LogP contribution is 2.33. The summed E-state index contributed by atoms with van der Waals surface area (Å²) in [5.41, 5.74) is 13.2. The molecule has 6 aliphatic rings. The number of esters is 1. The number of ether oxygens (including phenoxy) is 6. The highest BCUT2D eigenvalue weighted by Gasteiger charge is 2.55. The molecule has 0 aromatic heterocycles. The van der Waals surface area contributed by atoms with E-state index in [-0.39, 0.29) is 17.9 Å². The molecule has 0 aliphatic carbocycles. The van der Waals surface area contributed by atoms with Crippen molar-refractivity contribution in [3.63, 3.8) is 0 Å². The van der Waals surface area contributed by atoms with Crippen LogP contribution in [0.5, 0.6) is 5.75 Å². The highest BCUT2D eigenvalue weighted by molar-refractivity contribution is 5.98. The third-order valence-corrected chi connectivity index (χ3v) is 18.7. The van der Waals surface area contributed by atoms with Crippen LogP contribution in [0, 0.1) is 5.92 Å². The lowest BCUT2D eigenvalue weighted by molar-refractivity contribution is -0.352. The number of aliphatic hydroxyl groups is 13. The normalized spacial score (nSPS) is 37.1. The summed E-state index contributed by atoms with van der Waals surface area (Å²) in [6.45, 7) is 0.399. The Morgan fingerprint density at radius 1 is 0.610 bits per heavy atom. The Kier molecular flexibility index (Phi) is 28.7. The molecule has 38 nitrogen and oxygen atoms in total. The number of nitrogens with zero attached hydrogens (tertiary/aromatic N) is 1. The van der Waals surface area contributed by atoms with E-state index in [1.165, 1.54) is 24.3 Å². The molecular weight excluding hydrogens is 1330 g/mol. The summed E-state index contributed by atoms with van der Waals surface area (Å²) in [7, 11) is 0. The van der Waals surface area contributed by atoms with Gasteiger partial charge >= 0.3 is 5.97 Å². The summed E-state index contributed by atoms with van der Waals surface area (Å²) < 4.78 is 35.0. The van der Waals surface area contributed by atoms with Gasteiger partial charge in [0.05, 0.1) is 50.5 Å². The van der Waals surface area contributed by atoms with Crippen LogP contribution >= 0.6 is 0 Å². The summed E-state index contributed by atoms with van der Waals surface area (Å²) in [5.74, 6) is -9.35. The van der Waals surface area contributed by atoms with Gasteiger partial charge in [0.2, 0.25) is 41.7 Å². The Bertz CT molecular complexity index is 3020.